The van der Waals surface area contributed by atoms with E-state index in [9.17, 15) is 9.59 Å². The summed E-state index contributed by atoms with van der Waals surface area (Å²) < 4.78 is 0. The second-order valence-corrected chi connectivity index (χ2v) is 5.55. The summed E-state index contributed by atoms with van der Waals surface area (Å²) in [6.45, 7) is 0. The Kier molecular flexibility index (Phi) is 5.19. The van der Waals surface area contributed by atoms with Crippen LogP contribution in [0.15, 0.2) is 45.3 Å². The number of anilines is 1. The first-order valence-electron chi connectivity index (χ1n) is 5.66. The Morgan fingerprint density at radius 3 is 3.05 bits per heavy atom. The SMILES string of the molecule is CSc1cccc(NC(=O)CSc2nncc(=O)[nH]2)c1. The molecule has 1 heterocycles. The van der Waals surface area contributed by atoms with Gasteiger partial charge in [-0.05, 0) is 24.5 Å². The number of amides is 1. The minimum atomic E-state index is -0.337. The second kappa shape index (κ2) is 7.11. The summed E-state index contributed by atoms with van der Waals surface area (Å²) in [6.07, 6.45) is 3.05. The molecule has 0 aliphatic heterocycles. The van der Waals surface area contributed by atoms with Gasteiger partial charge < -0.3 is 5.32 Å². The zero-order chi connectivity index (χ0) is 14.4. The highest BCUT2D eigenvalue weighted by Crippen LogP contribution is 2.19. The number of hydrogen-bond donors (Lipinski definition) is 2. The van der Waals surface area contributed by atoms with Gasteiger partial charge in [-0.15, -0.1) is 16.9 Å². The predicted molar refractivity (Wildman–Crippen MR) is 80.2 cm³/mol. The average molecular weight is 308 g/mol. The number of nitrogens with one attached hydrogen (secondary N) is 2. The van der Waals surface area contributed by atoms with Gasteiger partial charge in [-0.2, -0.15) is 5.10 Å². The van der Waals surface area contributed by atoms with E-state index in [0.29, 0.717) is 5.16 Å². The van der Waals surface area contributed by atoms with E-state index in [4.69, 9.17) is 0 Å². The molecule has 0 saturated heterocycles. The molecule has 2 rings (SSSR count). The van der Waals surface area contributed by atoms with E-state index >= 15 is 0 Å². The lowest BCUT2D eigenvalue weighted by molar-refractivity contribution is -0.113. The zero-order valence-electron chi connectivity index (χ0n) is 10.6. The van der Waals surface area contributed by atoms with Crippen LogP contribution in [-0.2, 0) is 4.79 Å². The van der Waals surface area contributed by atoms with E-state index in [0.717, 1.165) is 28.5 Å². The standard InChI is InChI=1S/C12H12N4O2S2/c1-19-9-4-2-3-8(5-9)14-11(18)7-20-12-15-10(17)6-13-16-12/h2-6H,7H2,1H3,(H,14,18)(H,15,16,17). The van der Waals surface area contributed by atoms with Gasteiger partial charge in [0, 0.05) is 10.6 Å². The summed E-state index contributed by atoms with van der Waals surface area (Å²) >= 11 is 2.73. The average Bonchev–Trinajstić information content (AvgIpc) is 2.45. The number of H-pyrrole nitrogens is 1. The lowest BCUT2D eigenvalue weighted by Gasteiger charge is -2.05. The van der Waals surface area contributed by atoms with Crippen molar-refractivity contribution in [1.29, 1.82) is 0 Å². The minimum absolute atomic E-state index is 0.151. The van der Waals surface area contributed by atoms with Crippen molar-refractivity contribution >= 4 is 35.1 Å². The molecule has 1 amide bonds. The van der Waals surface area contributed by atoms with E-state index in [1.54, 1.807) is 11.8 Å². The summed E-state index contributed by atoms with van der Waals surface area (Å²) in [5, 5.41) is 10.4. The molecular weight excluding hydrogens is 296 g/mol. The number of benzene rings is 1. The summed E-state index contributed by atoms with van der Waals surface area (Å²) in [5.74, 6) is -0.0160. The minimum Gasteiger partial charge on any atom is -0.325 e. The third kappa shape index (κ3) is 4.39. The molecule has 20 heavy (non-hydrogen) atoms. The van der Waals surface area contributed by atoms with Gasteiger partial charge in [0.25, 0.3) is 5.56 Å². The molecule has 0 atom stereocenters. The van der Waals surface area contributed by atoms with Gasteiger partial charge in [0.1, 0.15) is 6.20 Å². The van der Waals surface area contributed by atoms with Gasteiger partial charge in [0.2, 0.25) is 5.91 Å². The van der Waals surface area contributed by atoms with E-state index in [1.165, 1.54) is 0 Å². The molecule has 2 aromatic rings. The summed E-state index contributed by atoms with van der Waals surface area (Å²) in [6, 6.07) is 7.58. The molecule has 0 aliphatic carbocycles. The fourth-order valence-electron chi connectivity index (χ4n) is 1.39. The second-order valence-electron chi connectivity index (χ2n) is 3.71. The normalized spacial score (nSPS) is 10.2. The van der Waals surface area contributed by atoms with Gasteiger partial charge in [-0.1, -0.05) is 17.8 Å². The highest BCUT2D eigenvalue weighted by atomic mass is 32.2. The van der Waals surface area contributed by atoms with Crippen molar-refractivity contribution in [2.45, 2.75) is 10.1 Å². The highest BCUT2D eigenvalue weighted by Gasteiger charge is 2.06. The molecule has 0 fully saturated rings. The van der Waals surface area contributed by atoms with Crippen LogP contribution >= 0.6 is 23.5 Å². The maximum atomic E-state index is 11.8. The predicted octanol–water partition coefficient (Wildman–Crippen LogP) is 1.62. The fraction of sp³-hybridized carbons (Fsp3) is 0.167. The van der Waals surface area contributed by atoms with E-state index in [1.807, 2.05) is 30.5 Å². The van der Waals surface area contributed by atoms with Crippen LogP contribution < -0.4 is 10.9 Å². The van der Waals surface area contributed by atoms with Crippen LogP contribution in [0, 0.1) is 0 Å². The van der Waals surface area contributed by atoms with Crippen LogP contribution in [0.4, 0.5) is 5.69 Å². The van der Waals surface area contributed by atoms with Crippen molar-refractivity contribution in [3.8, 4) is 0 Å². The van der Waals surface area contributed by atoms with Crippen LogP contribution in [-0.4, -0.2) is 33.1 Å². The quantitative estimate of drug-likeness (QED) is 0.816. The number of carbonyl (C=O) groups excluding carboxylic acids is 1. The van der Waals surface area contributed by atoms with Crippen molar-refractivity contribution in [2.24, 2.45) is 0 Å². The number of aromatic amines is 1. The molecular formula is C12H12N4O2S2. The van der Waals surface area contributed by atoms with Gasteiger partial charge >= 0.3 is 0 Å². The molecule has 6 nitrogen and oxygen atoms in total. The topological polar surface area (TPSA) is 87.7 Å². The van der Waals surface area contributed by atoms with Crippen molar-refractivity contribution in [1.82, 2.24) is 15.2 Å². The number of nitrogens with zero attached hydrogens (tertiary/aromatic N) is 2. The largest absolute Gasteiger partial charge is 0.325 e. The molecule has 0 saturated carbocycles. The van der Waals surface area contributed by atoms with Crippen LogP contribution in [0.25, 0.3) is 0 Å². The van der Waals surface area contributed by atoms with Crippen LogP contribution in [0.5, 0.6) is 0 Å². The monoisotopic (exact) mass is 308 g/mol. The van der Waals surface area contributed by atoms with E-state index in [-0.39, 0.29) is 17.2 Å². The summed E-state index contributed by atoms with van der Waals surface area (Å²) in [5.41, 5.74) is 0.408. The maximum absolute atomic E-state index is 11.8. The lowest BCUT2D eigenvalue weighted by Crippen LogP contribution is -2.15. The Hall–Kier alpha value is -1.80. The number of aromatic nitrogens is 3. The summed E-state index contributed by atoms with van der Waals surface area (Å²) in [7, 11) is 0. The zero-order valence-corrected chi connectivity index (χ0v) is 12.3. The molecule has 0 bridgehead atoms. The van der Waals surface area contributed by atoms with Crippen LogP contribution in [0.1, 0.15) is 0 Å². The Labute approximate surface area is 123 Å². The molecule has 1 aromatic carbocycles. The number of carbonyl (C=O) groups is 1. The molecule has 2 N–H and O–H groups in total. The first kappa shape index (κ1) is 14.6. The molecule has 8 heteroatoms. The van der Waals surface area contributed by atoms with Gasteiger partial charge in [0.15, 0.2) is 5.16 Å². The lowest BCUT2D eigenvalue weighted by atomic mass is 10.3. The third-order valence-corrected chi connectivity index (χ3v) is 3.84. The Morgan fingerprint density at radius 2 is 2.30 bits per heavy atom. The van der Waals surface area contributed by atoms with Crippen molar-refractivity contribution < 1.29 is 4.79 Å². The van der Waals surface area contributed by atoms with Gasteiger partial charge in [-0.25, -0.2) is 0 Å². The molecule has 1 aromatic heterocycles. The molecule has 104 valence electrons. The molecule has 0 aliphatic rings. The fourth-order valence-corrected chi connectivity index (χ4v) is 2.47. The number of thioether (sulfide) groups is 2. The maximum Gasteiger partial charge on any atom is 0.270 e. The summed E-state index contributed by atoms with van der Waals surface area (Å²) in [4.78, 5) is 26.4. The Balaban J connectivity index is 1.90. The van der Waals surface area contributed by atoms with Crippen molar-refractivity contribution in [2.75, 3.05) is 17.3 Å². The third-order valence-electron chi connectivity index (χ3n) is 2.25. The van der Waals surface area contributed by atoms with Crippen LogP contribution in [0.3, 0.4) is 0 Å². The number of rotatable bonds is 5. The molecule has 0 spiro atoms. The number of hydrogen-bond acceptors (Lipinski definition) is 6. The van der Waals surface area contributed by atoms with Gasteiger partial charge in [-0.3, -0.25) is 14.6 Å². The first-order chi connectivity index (χ1) is 9.67. The molecule has 0 radical (unpaired) electrons. The van der Waals surface area contributed by atoms with Gasteiger partial charge in [0.05, 0.1) is 5.75 Å². The smallest absolute Gasteiger partial charge is 0.270 e. The van der Waals surface area contributed by atoms with Crippen molar-refractivity contribution in [3.05, 3.63) is 40.8 Å². The molecule has 0 unspecified atom stereocenters. The van der Waals surface area contributed by atoms with Crippen LogP contribution in [0.2, 0.25) is 0 Å². The first-order valence-corrected chi connectivity index (χ1v) is 7.87. The Morgan fingerprint density at radius 1 is 1.45 bits per heavy atom. The Bertz CT molecular complexity index is 660. The van der Waals surface area contributed by atoms with E-state index < -0.39 is 0 Å². The van der Waals surface area contributed by atoms with E-state index in [2.05, 4.69) is 20.5 Å². The highest BCUT2D eigenvalue weighted by molar-refractivity contribution is 7.99. The van der Waals surface area contributed by atoms with Crippen molar-refractivity contribution in [3.63, 3.8) is 0 Å².